The highest BCUT2D eigenvalue weighted by molar-refractivity contribution is 5.77. The maximum Gasteiger partial charge on any atom is 0.248 e. The Labute approximate surface area is 145 Å². The zero-order valence-electron chi connectivity index (χ0n) is 15.3. The molecule has 0 aromatic rings. The topological polar surface area (TPSA) is 61.9 Å². The van der Waals surface area contributed by atoms with Gasteiger partial charge in [0.1, 0.15) is 6.61 Å². The van der Waals surface area contributed by atoms with Crippen molar-refractivity contribution >= 4 is 11.8 Å². The van der Waals surface area contributed by atoms with Crippen molar-refractivity contribution in [3.63, 3.8) is 0 Å². The minimum Gasteiger partial charge on any atom is -0.375 e. The smallest absolute Gasteiger partial charge is 0.248 e. The van der Waals surface area contributed by atoms with Gasteiger partial charge in [-0.3, -0.25) is 14.5 Å². The van der Waals surface area contributed by atoms with E-state index in [1.807, 2.05) is 4.90 Å². The molecule has 1 atom stereocenters. The number of likely N-dealkylation sites (tertiary alicyclic amines) is 2. The molecule has 0 aliphatic carbocycles. The summed E-state index contributed by atoms with van der Waals surface area (Å²) in [5.41, 5.74) is 0. The van der Waals surface area contributed by atoms with Gasteiger partial charge in [0.2, 0.25) is 11.8 Å². The lowest BCUT2D eigenvalue weighted by Crippen LogP contribution is -2.41. The SMILES string of the molecule is CCN1CCC[C@H]1CNC(=O)CCC1CCN(C(=O)COC)CC1. The molecule has 0 spiro atoms. The average molecular weight is 339 g/mol. The van der Waals surface area contributed by atoms with Gasteiger partial charge < -0.3 is 15.0 Å². The fourth-order valence-corrected chi connectivity index (χ4v) is 3.88. The average Bonchev–Trinajstić information content (AvgIpc) is 3.06. The van der Waals surface area contributed by atoms with Crippen molar-refractivity contribution in [2.24, 2.45) is 5.92 Å². The van der Waals surface area contributed by atoms with Crippen LogP contribution in [0.2, 0.25) is 0 Å². The van der Waals surface area contributed by atoms with Crippen molar-refractivity contribution in [3.8, 4) is 0 Å². The Morgan fingerprint density at radius 2 is 1.92 bits per heavy atom. The largest absolute Gasteiger partial charge is 0.375 e. The van der Waals surface area contributed by atoms with E-state index in [1.54, 1.807) is 7.11 Å². The van der Waals surface area contributed by atoms with Crippen molar-refractivity contribution in [2.45, 2.75) is 51.5 Å². The van der Waals surface area contributed by atoms with Gasteiger partial charge in [0.15, 0.2) is 0 Å². The summed E-state index contributed by atoms with van der Waals surface area (Å²) in [5, 5.41) is 3.11. The van der Waals surface area contributed by atoms with Gasteiger partial charge >= 0.3 is 0 Å². The number of rotatable bonds is 8. The fraction of sp³-hybridized carbons (Fsp3) is 0.889. The maximum atomic E-state index is 12.1. The lowest BCUT2D eigenvalue weighted by atomic mass is 9.92. The molecule has 0 radical (unpaired) electrons. The first-order valence-corrected chi connectivity index (χ1v) is 9.41. The Kier molecular flexibility index (Phi) is 7.99. The Hall–Kier alpha value is -1.14. The molecule has 138 valence electrons. The van der Waals surface area contributed by atoms with Crippen LogP contribution in [0.4, 0.5) is 0 Å². The van der Waals surface area contributed by atoms with Crippen molar-refractivity contribution in [2.75, 3.05) is 46.4 Å². The van der Waals surface area contributed by atoms with Crippen molar-refractivity contribution in [1.29, 1.82) is 0 Å². The van der Waals surface area contributed by atoms with Crippen LogP contribution in [0.5, 0.6) is 0 Å². The van der Waals surface area contributed by atoms with Crippen LogP contribution in [0.3, 0.4) is 0 Å². The van der Waals surface area contributed by atoms with Crippen molar-refractivity contribution < 1.29 is 14.3 Å². The highest BCUT2D eigenvalue weighted by Gasteiger charge is 2.24. The van der Waals surface area contributed by atoms with Gasteiger partial charge in [-0.1, -0.05) is 6.92 Å². The first-order valence-electron chi connectivity index (χ1n) is 9.41. The normalized spacial score (nSPS) is 22.8. The summed E-state index contributed by atoms with van der Waals surface area (Å²) in [6.07, 6.45) is 5.97. The minimum absolute atomic E-state index is 0.0748. The molecular formula is C18H33N3O3. The maximum absolute atomic E-state index is 12.1. The number of nitrogens with one attached hydrogen (secondary N) is 1. The van der Waals surface area contributed by atoms with E-state index in [0.717, 1.165) is 52.0 Å². The van der Waals surface area contributed by atoms with E-state index in [9.17, 15) is 9.59 Å². The molecule has 0 saturated carbocycles. The molecule has 2 aliphatic rings. The number of likely N-dealkylation sites (N-methyl/N-ethyl adjacent to an activating group) is 1. The second-order valence-electron chi connectivity index (χ2n) is 7.02. The van der Waals surface area contributed by atoms with Crippen LogP contribution < -0.4 is 5.32 Å². The quantitative estimate of drug-likeness (QED) is 0.723. The summed E-state index contributed by atoms with van der Waals surface area (Å²) < 4.78 is 4.90. The first-order chi connectivity index (χ1) is 11.6. The molecule has 2 aliphatic heterocycles. The zero-order valence-corrected chi connectivity index (χ0v) is 15.3. The lowest BCUT2D eigenvalue weighted by molar-refractivity contribution is -0.136. The molecule has 2 saturated heterocycles. The number of amides is 2. The Bertz CT molecular complexity index is 408. The molecule has 0 aromatic carbocycles. The van der Waals surface area contributed by atoms with E-state index in [0.29, 0.717) is 18.4 Å². The summed E-state index contributed by atoms with van der Waals surface area (Å²) in [6, 6.07) is 0.522. The van der Waals surface area contributed by atoms with Gasteiger partial charge in [-0.25, -0.2) is 0 Å². The molecule has 6 nitrogen and oxygen atoms in total. The number of methoxy groups -OCH3 is 1. The summed E-state index contributed by atoms with van der Waals surface area (Å²) in [4.78, 5) is 28.2. The third-order valence-electron chi connectivity index (χ3n) is 5.45. The second-order valence-corrected chi connectivity index (χ2v) is 7.02. The minimum atomic E-state index is 0.0748. The number of piperidine rings is 1. The van der Waals surface area contributed by atoms with Crippen LogP contribution in [-0.2, 0) is 14.3 Å². The molecule has 2 rings (SSSR count). The number of carbonyl (C=O) groups is 2. The molecule has 2 amide bonds. The van der Waals surface area contributed by atoms with Crippen molar-refractivity contribution in [3.05, 3.63) is 0 Å². The van der Waals surface area contributed by atoms with Gasteiger partial charge in [0.05, 0.1) is 0 Å². The molecule has 0 bridgehead atoms. The number of carbonyl (C=O) groups excluding carboxylic acids is 2. The summed E-state index contributed by atoms with van der Waals surface area (Å²) in [5.74, 6) is 0.808. The predicted molar refractivity (Wildman–Crippen MR) is 93.7 cm³/mol. The van der Waals surface area contributed by atoms with Crippen LogP contribution in [0.1, 0.15) is 45.4 Å². The van der Waals surface area contributed by atoms with Gasteiger partial charge in [-0.2, -0.15) is 0 Å². The summed E-state index contributed by atoms with van der Waals surface area (Å²) in [6.45, 7) is 6.96. The van der Waals surface area contributed by atoms with E-state index in [4.69, 9.17) is 4.74 Å². The predicted octanol–water partition coefficient (Wildman–Crippen LogP) is 1.25. The first kappa shape index (κ1) is 19.2. The third kappa shape index (κ3) is 5.74. The Balaban J connectivity index is 1.58. The number of nitrogens with zero attached hydrogens (tertiary/aromatic N) is 2. The van der Waals surface area contributed by atoms with Gasteiger partial charge in [0.25, 0.3) is 0 Å². The summed E-state index contributed by atoms with van der Waals surface area (Å²) >= 11 is 0. The van der Waals surface area contributed by atoms with E-state index in [1.165, 1.54) is 12.8 Å². The van der Waals surface area contributed by atoms with E-state index in [2.05, 4.69) is 17.1 Å². The van der Waals surface area contributed by atoms with Crippen LogP contribution in [-0.4, -0.2) is 74.1 Å². The fourth-order valence-electron chi connectivity index (χ4n) is 3.88. The lowest BCUT2D eigenvalue weighted by Gasteiger charge is -2.31. The van der Waals surface area contributed by atoms with Crippen LogP contribution in [0.15, 0.2) is 0 Å². The molecule has 2 heterocycles. The van der Waals surface area contributed by atoms with Crippen LogP contribution >= 0.6 is 0 Å². The molecule has 24 heavy (non-hydrogen) atoms. The molecular weight excluding hydrogens is 306 g/mol. The van der Waals surface area contributed by atoms with Gasteiger partial charge in [0, 0.05) is 39.2 Å². The molecule has 6 heteroatoms. The zero-order chi connectivity index (χ0) is 17.4. The highest BCUT2D eigenvalue weighted by Crippen LogP contribution is 2.22. The van der Waals surface area contributed by atoms with E-state index >= 15 is 0 Å². The van der Waals surface area contributed by atoms with Crippen molar-refractivity contribution in [1.82, 2.24) is 15.1 Å². The molecule has 0 unspecified atom stereocenters. The Morgan fingerprint density at radius 1 is 1.17 bits per heavy atom. The molecule has 2 fully saturated rings. The van der Waals surface area contributed by atoms with Gasteiger partial charge in [-0.15, -0.1) is 0 Å². The Morgan fingerprint density at radius 3 is 2.58 bits per heavy atom. The van der Waals surface area contributed by atoms with E-state index in [-0.39, 0.29) is 18.4 Å². The third-order valence-corrected chi connectivity index (χ3v) is 5.45. The number of ether oxygens (including phenoxy) is 1. The number of hydrogen-bond acceptors (Lipinski definition) is 4. The molecule has 1 N–H and O–H groups in total. The van der Waals surface area contributed by atoms with E-state index < -0.39 is 0 Å². The van der Waals surface area contributed by atoms with Crippen LogP contribution in [0, 0.1) is 5.92 Å². The van der Waals surface area contributed by atoms with Crippen LogP contribution in [0.25, 0.3) is 0 Å². The standard InChI is InChI=1S/C18H33N3O3/c1-3-20-10-4-5-16(20)13-19-17(22)7-6-15-8-11-21(12-9-15)18(23)14-24-2/h15-16H,3-14H2,1-2H3,(H,19,22)/t16-/m0/s1. The summed E-state index contributed by atoms with van der Waals surface area (Å²) in [7, 11) is 1.55. The monoisotopic (exact) mass is 339 g/mol. The highest BCUT2D eigenvalue weighted by atomic mass is 16.5. The second kappa shape index (κ2) is 9.99. The number of hydrogen-bond donors (Lipinski definition) is 1. The molecule has 0 aromatic heterocycles. The van der Waals surface area contributed by atoms with Gasteiger partial charge in [-0.05, 0) is 51.1 Å².